The maximum Gasteiger partial charge on any atom is 0.0871 e. The molecule has 0 heterocycles. The average molecular weight is 260 g/mol. The van der Waals surface area contributed by atoms with Crippen molar-refractivity contribution >= 4 is 28.7 Å². The number of hydrogen-bond donors (Lipinski definition) is 0. The number of nitrogens with zero attached hydrogens (tertiary/aromatic N) is 3. The summed E-state index contributed by atoms with van der Waals surface area (Å²) in [4.78, 5) is 2.04. The zero-order valence-electron chi connectivity index (χ0n) is 10.3. The lowest BCUT2D eigenvalue weighted by molar-refractivity contribution is 1.13. The minimum absolute atomic E-state index is 0.661. The van der Waals surface area contributed by atoms with Gasteiger partial charge < -0.3 is 4.90 Å². The normalized spacial score (nSPS) is 10.8. The van der Waals surface area contributed by atoms with Crippen LogP contribution < -0.4 is 4.90 Å². The summed E-state index contributed by atoms with van der Waals surface area (Å²) < 4.78 is 0. The van der Waals surface area contributed by atoms with Gasteiger partial charge in [-0.1, -0.05) is 17.7 Å². The van der Waals surface area contributed by atoms with Gasteiger partial charge in [0.05, 0.1) is 11.4 Å². The van der Waals surface area contributed by atoms with Gasteiger partial charge in [-0.05, 0) is 42.5 Å². The molecule has 0 unspecified atom stereocenters. The molecular formula is C14H14ClN3. The maximum atomic E-state index is 5.88. The molecule has 4 heteroatoms. The van der Waals surface area contributed by atoms with Crippen LogP contribution in [0.2, 0.25) is 5.02 Å². The first kappa shape index (κ1) is 12.6. The molecule has 2 aromatic rings. The second-order valence-corrected chi connectivity index (χ2v) is 4.53. The summed E-state index contributed by atoms with van der Waals surface area (Å²) in [6, 6.07) is 15.2. The van der Waals surface area contributed by atoms with E-state index in [1.165, 1.54) is 0 Å². The summed E-state index contributed by atoms with van der Waals surface area (Å²) in [6.45, 7) is 0. The van der Waals surface area contributed by atoms with Gasteiger partial charge in [0.15, 0.2) is 0 Å². The molecular weight excluding hydrogens is 246 g/mol. The van der Waals surface area contributed by atoms with Crippen molar-refractivity contribution in [2.45, 2.75) is 0 Å². The quantitative estimate of drug-likeness (QED) is 0.726. The lowest BCUT2D eigenvalue weighted by Gasteiger charge is -2.11. The Morgan fingerprint density at radius 3 is 2.17 bits per heavy atom. The molecule has 0 aliphatic rings. The topological polar surface area (TPSA) is 28.0 Å². The van der Waals surface area contributed by atoms with Crippen molar-refractivity contribution in [2.75, 3.05) is 19.0 Å². The van der Waals surface area contributed by atoms with Crippen molar-refractivity contribution in [2.24, 2.45) is 10.2 Å². The number of rotatable bonds is 3. The number of hydrogen-bond acceptors (Lipinski definition) is 3. The second kappa shape index (κ2) is 5.65. The van der Waals surface area contributed by atoms with E-state index < -0.39 is 0 Å². The van der Waals surface area contributed by atoms with Crippen molar-refractivity contribution in [3.05, 3.63) is 53.6 Å². The number of benzene rings is 2. The maximum absolute atomic E-state index is 5.88. The smallest absolute Gasteiger partial charge is 0.0871 e. The molecule has 0 fully saturated rings. The summed E-state index contributed by atoms with van der Waals surface area (Å²) in [6.07, 6.45) is 0. The van der Waals surface area contributed by atoms with Gasteiger partial charge in [-0.15, -0.1) is 0 Å². The van der Waals surface area contributed by atoms with Crippen LogP contribution in [0.25, 0.3) is 0 Å². The van der Waals surface area contributed by atoms with Gasteiger partial charge in [-0.25, -0.2) is 0 Å². The van der Waals surface area contributed by atoms with Crippen molar-refractivity contribution in [1.29, 1.82) is 0 Å². The Morgan fingerprint density at radius 2 is 1.56 bits per heavy atom. The van der Waals surface area contributed by atoms with E-state index in [9.17, 15) is 0 Å². The van der Waals surface area contributed by atoms with Gasteiger partial charge in [0.1, 0.15) is 0 Å². The summed E-state index contributed by atoms with van der Waals surface area (Å²) in [5.74, 6) is 0. The van der Waals surface area contributed by atoms with Crippen molar-refractivity contribution in [3.8, 4) is 0 Å². The summed E-state index contributed by atoms with van der Waals surface area (Å²) in [7, 11) is 4.00. The van der Waals surface area contributed by atoms with Crippen LogP contribution in [0.1, 0.15) is 0 Å². The lowest BCUT2D eigenvalue weighted by atomic mass is 10.3. The number of halogens is 1. The van der Waals surface area contributed by atoms with Crippen LogP contribution >= 0.6 is 11.6 Å². The molecule has 0 aliphatic carbocycles. The molecule has 0 amide bonds. The van der Waals surface area contributed by atoms with Gasteiger partial charge in [0.2, 0.25) is 0 Å². The monoisotopic (exact) mass is 259 g/mol. The molecule has 0 atom stereocenters. The second-order valence-electron chi connectivity index (χ2n) is 4.09. The highest BCUT2D eigenvalue weighted by Crippen LogP contribution is 2.22. The molecule has 0 N–H and O–H groups in total. The van der Waals surface area contributed by atoms with Crippen molar-refractivity contribution in [1.82, 2.24) is 0 Å². The van der Waals surface area contributed by atoms with Crippen LogP contribution in [-0.4, -0.2) is 14.1 Å². The standard InChI is InChI=1S/C14H14ClN3/c1-18(2)14-8-6-12(7-9-14)16-17-13-5-3-4-11(15)10-13/h3-10H,1-2H3/b17-16+. The fraction of sp³-hybridized carbons (Fsp3) is 0.143. The highest BCUT2D eigenvalue weighted by Gasteiger charge is 1.95. The Balaban J connectivity index is 2.14. The SMILES string of the molecule is CN(C)c1ccc(/N=N/c2cccc(Cl)c2)cc1. The summed E-state index contributed by atoms with van der Waals surface area (Å²) in [5.41, 5.74) is 2.71. The molecule has 92 valence electrons. The van der Waals surface area contributed by atoms with E-state index in [4.69, 9.17) is 11.6 Å². The molecule has 2 rings (SSSR count). The van der Waals surface area contributed by atoms with E-state index >= 15 is 0 Å². The average Bonchev–Trinajstić information content (AvgIpc) is 2.37. The van der Waals surface area contributed by atoms with E-state index in [-0.39, 0.29) is 0 Å². The predicted octanol–water partition coefficient (Wildman–Crippen LogP) is 4.82. The minimum Gasteiger partial charge on any atom is -0.378 e. The Morgan fingerprint density at radius 1 is 0.889 bits per heavy atom. The molecule has 0 saturated carbocycles. The van der Waals surface area contributed by atoms with E-state index in [0.717, 1.165) is 17.1 Å². The molecule has 0 aliphatic heterocycles. The van der Waals surface area contributed by atoms with Gasteiger partial charge in [0, 0.05) is 24.8 Å². The van der Waals surface area contributed by atoms with Gasteiger partial charge in [-0.3, -0.25) is 0 Å². The fourth-order valence-electron chi connectivity index (χ4n) is 1.47. The van der Waals surface area contributed by atoms with Crippen LogP contribution in [0.15, 0.2) is 58.8 Å². The third kappa shape index (κ3) is 3.31. The molecule has 3 nitrogen and oxygen atoms in total. The number of anilines is 1. The zero-order valence-corrected chi connectivity index (χ0v) is 11.1. The van der Waals surface area contributed by atoms with E-state index in [2.05, 4.69) is 10.2 Å². The van der Waals surface area contributed by atoms with Gasteiger partial charge >= 0.3 is 0 Å². The third-order valence-electron chi connectivity index (χ3n) is 2.46. The highest BCUT2D eigenvalue weighted by molar-refractivity contribution is 6.30. The first-order valence-electron chi connectivity index (χ1n) is 5.60. The molecule has 18 heavy (non-hydrogen) atoms. The van der Waals surface area contributed by atoms with Gasteiger partial charge in [0.25, 0.3) is 0 Å². The van der Waals surface area contributed by atoms with Crippen LogP contribution in [0.5, 0.6) is 0 Å². The van der Waals surface area contributed by atoms with E-state index in [1.54, 1.807) is 6.07 Å². The summed E-state index contributed by atoms with van der Waals surface area (Å²) >= 11 is 5.88. The Kier molecular flexibility index (Phi) is 3.95. The molecule has 2 aromatic carbocycles. The Labute approximate surface area is 112 Å². The zero-order chi connectivity index (χ0) is 13.0. The highest BCUT2D eigenvalue weighted by atomic mass is 35.5. The van der Waals surface area contributed by atoms with Crippen LogP contribution in [0, 0.1) is 0 Å². The molecule has 0 bridgehead atoms. The molecule has 0 radical (unpaired) electrons. The predicted molar refractivity (Wildman–Crippen MR) is 76.4 cm³/mol. The Hall–Kier alpha value is -1.87. The van der Waals surface area contributed by atoms with Crippen molar-refractivity contribution < 1.29 is 0 Å². The van der Waals surface area contributed by atoms with Crippen LogP contribution in [-0.2, 0) is 0 Å². The third-order valence-corrected chi connectivity index (χ3v) is 2.69. The van der Waals surface area contributed by atoms with E-state index in [0.29, 0.717) is 5.02 Å². The van der Waals surface area contributed by atoms with Crippen LogP contribution in [0.3, 0.4) is 0 Å². The van der Waals surface area contributed by atoms with Crippen LogP contribution in [0.4, 0.5) is 17.1 Å². The van der Waals surface area contributed by atoms with Crippen molar-refractivity contribution in [3.63, 3.8) is 0 Å². The summed E-state index contributed by atoms with van der Waals surface area (Å²) in [5, 5.41) is 8.97. The van der Waals surface area contributed by atoms with E-state index in [1.807, 2.05) is 61.5 Å². The minimum atomic E-state index is 0.661. The lowest BCUT2D eigenvalue weighted by Crippen LogP contribution is -2.07. The number of azo groups is 1. The van der Waals surface area contributed by atoms with Gasteiger partial charge in [-0.2, -0.15) is 10.2 Å². The molecule has 0 spiro atoms. The molecule has 0 saturated heterocycles. The first-order chi connectivity index (χ1) is 8.65. The molecule has 0 aromatic heterocycles. The fourth-order valence-corrected chi connectivity index (χ4v) is 1.66. The Bertz CT molecular complexity index is 547. The largest absolute Gasteiger partial charge is 0.378 e. The first-order valence-corrected chi connectivity index (χ1v) is 5.97.